The minimum absolute atomic E-state index is 0.0680. The van der Waals surface area contributed by atoms with Crippen LogP contribution in [0.5, 0.6) is 0 Å². The van der Waals surface area contributed by atoms with Gasteiger partial charge in [0.1, 0.15) is 0 Å². The average molecular weight is 297 g/mol. The molecule has 1 aliphatic heterocycles. The van der Waals surface area contributed by atoms with Crippen molar-refractivity contribution in [2.75, 3.05) is 29.4 Å². The van der Waals surface area contributed by atoms with Crippen molar-refractivity contribution >= 4 is 27.3 Å². The number of hydrogen-bond donors (Lipinski definition) is 3. The van der Waals surface area contributed by atoms with Gasteiger partial charge in [-0.15, -0.1) is 0 Å². The maximum absolute atomic E-state index is 12.1. The van der Waals surface area contributed by atoms with Gasteiger partial charge in [-0.1, -0.05) is 6.07 Å². The number of carbonyl (C=O) groups excluding carboxylic acids is 1. The molecule has 1 fully saturated rings. The van der Waals surface area contributed by atoms with E-state index in [4.69, 9.17) is 0 Å². The largest absolute Gasteiger partial charge is 0.324 e. The molecule has 0 spiro atoms. The van der Waals surface area contributed by atoms with Crippen LogP contribution >= 0.6 is 0 Å². The first-order chi connectivity index (χ1) is 9.35. The highest BCUT2D eigenvalue weighted by Crippen LogP contribution is 2.25. The van der Waals surface area contributed by atoms with Crippen molar-refractivity contribution in [1.82, 2.24) is 5.32 Å². The van der Waals surface area contributed by atoms with E-state index in [1.165, 1.54) is 0 Å². The van der Waals surface area contributed by atoms with Gasteiger partial charge in [0.15, 0.2) is 0 Å². The zero-order valence-electron chi connectivity index (χ0n) is 11.6. The van der Waals surface area contributed by atoms with Gasteiger partial charge in [0.25, 0.3) is 0 Å². The number of nitrogens with one attached hydrogen (secondary N) is 3. The maximum atomic E-state index is 12.1. The van der Waals surface area contributed by atoms with Crippen LogP contribution in [0, 0.1) is 12.8 Å². The fourth-order valence-electron chi connectivity index (χ4n) is 2.16. The molecule has 1 atom stereocenters. The minimum atomic E-state index is -3.38. The Kier molecular flexibility index (Phi) is 4.29. The Labute approximate surface area is 119 Å². The molecule has 1 heterocycles. The van der Waals surface area contributed by atoms with Crippen molar-refractivity contribution in [2.45, 2.75) is 13.3 Å². The van der Waals surface area contributed by atoms with Crippen molar-refractivity contribution < 1.29 is 13.2 Å². The predicted molar refractivity (Wildman–Crippen MR) is 79.3 cm³/mol. The van der Waals surface area contributed by atoms with Crippen LogP contribution in [0.15, 0.2) is 18.2 Å². The van der Waals surface area contributed by atoms with Gasteiger partial charge in [0.05, 0.1) is 23.5 Å². The van der Waals surface area contributed by atoms with E-state index in [0.29, 0.717) is 17.9 Å². The van der Waals surface area contributed by atoms with Crippen LogP contribution in [0.4, 0.5) is 11.4 Å². The molecule has 0 bridgehead atoms. The Balaban J connectivity index is 2.20. The quantitative estimate of drug-likeness (QED) is 0.771. The molecule has 1 unspecified atom stereocenters. The summed E-state index contributed by atoms with van der Waals surface area (Å²) in [5.41, 5.74) is 1.83. The van der Waals surface area contributed by atoms with Crippen LogP contribution in [-0.2, 0) is 14.8 Å². The molecule has 0 aromatic heterocycles. The summed E-state index contributed by atoms with van der Waals surface area (Å²) in [5.74, 6) is -0.154. The van der Waals surface area contributed by atoms with E-state index in [1.54, 1.807) is 18.2 Å². The maximum Gasteiger partial charge on any atom is 0.229 e. The van der Waals surface area contributed by atoms with E-state index in [-0.39, 0.29) is 11.8 Å². The van der Waals surface area contributed by atoms with Gasteiger partial charge < -0.3 is 10.6 Å². The number of anilines is 2. The third-order valence-electron chi connectivity index (χ3n) is 3.16. The highest BCUT2D eigenvalue weighted by molar-refractivity contribution is 7.92. The topological polar surface area (TPSA) is 87.3 Å². The van der Waals surface area contributed by atoms with Crippen molar-refractivity contribution in [2.24, 2.45) is 5.92 Å². The molecule has 1 aromatic carbocycles. The summed E-state index contributed by atoms with van der Waals surface area (Å²) in [7, 11) is -3.38. The van der Waals surface area contributed by atoms with Crippen molar-refractivity contribution in [1.29, 1.82) is 0 Å². The van der Waals surface area contributed by atoms with Crippen LogP contribution in [-0.4, -0.2) is 33.7 Å². The number of carbonyl (C=O) groups is 1. The Morgan fingerprint density at radius 3 is 2.70 bits per heavy atom. The summed E-state index contributed by atoms with van der Waals surface area (Å²) in [6, 6.07) is 5.20. The molecular weight excluding hydrogens is 278 g/mol. The lowest BCUT2D eigenvalue weighted by Crippen LogP contribution is -2.25. The lowest BCUT2D eigenvalue weighted by molar-refractivity contribution is -0.119. The zero-order chi connectivity index (χ0) is 14.8. The molecule has 20 heavy (non-hydrogen) atoms. The second kappa shape index (κ2) is 5.80. The van der Waals surface area contributed by atoms with Gasteiger partial charge in [-0.2, -0.15) is 0 Å². The van der Waals surface area contributed by atoms with Crippen LogP contribution in [0.3, 0.4) is 0 Å². The Morgan fingerprint density at radius 2 is 2.10 bits per heavy atom. The summed E-state index contributed by atoms with van der Waals surface area (Å²) < 4.78 is 25.1. The van der Waals surface area contributed by atoms with Gasteiger partial charge in [0, 0.05) is 6.54 Å². The third-order valence-corrected chi connectivity index (χ3v) is 3.75. The first-order valence-corrected chi connectivity index (χ1v) is 8.34. The molecule has 1 aliphatic rings. The standard InChI is InChI=1S/C13H19N3O3S/c1-9-3-4-11(16-20(2,18)19)12(7-9)15-13(17)10-5-6-14-8-10/h3-4,7,10,14,16H,5-6,8H2,1-2H3,(H,15,17). The summed E-state index contributed by atoms with van der Waals surface area (Å²) in [6.07, 6.45) is 1.88. The van der Waals surface area contributed by atoms with E-state index in [9.17, 15) is 13.2 Å². The van der Waals surface area contributed by atoms with E-state index < -0.39 is 10.0 Å². The number of amides is 1. The van der Waals surface area contributed by atoms with E-state index in [1.807, 2.05) is 6.92 Å². The van der Waals surface area contributed by atoms with E-state index >= 15 is 0 Å². The number of sulfonamides is 1. The van der Waals surface area contributed by atoms with E-state index in [0.717, 1.165) is 24.8 Å². The van der Waals surface area contributed by atoms with Crippen LogP contribution in [0.2, 0.25) is 0 Å². The van der Waals surface area contributed by atoms with Gasteiger partial charge >= 0.3 is 0 Å². The SMILES string of the molecule is Cc1ccc(NS(C)(=O)=O)c(NC(=O)C2CCNC2)c1. The molecule has 1 saturated heterocycles. The highest BCUT2D eigenvalue weighted by atomic mass is 32.2. The lowest BCUT2D eigenvalue weighted by Gasteiger charge is -2.15. The molecule has 1 aromatic rings. The average Bonchev–Trinajstić information content (AvgIpc) is 2.85. The third kappa shape index (κ3) is 3.94. The summed E-state index contributed by atoms with van der Waals surface area (Å²) in [6.45, 7) is 3.38. The van der Waals surface area contributed by atoms with Crippen LogP contribution in [0.1, 0.15) is 12.0 Å². The first-order valence-electron chi connectivity index (χ1n) is 6.45. The zero-order valence-corrected chi connectivity index (χ0v) is 12.4. The lowest BCUT2D eigenvalue weighted by atomic mass is 10.1. The van der Waals surface area contributed by atoms with Gasteiger partial charge in [-0.25, -0.2) is 8.42 Å². The molecule has 6 nitrogen and oxygen atoms in total. The summed E-state index contributed by atoms with van der Waals surface area (Å²) >= 11 is 0. The van der Waals surface area contributed by atoms with E-state index in [2.05, 4.69) is 15.4 Å². The van der Waals surface area contributed by atoms with Crippen LogP contribution < -0.4 is 15.4 Å². The second-order valence-electron chi connectivity index (χ2n) is 5.10. The number of benzene rings is 1. The van der Waals surface area contributed by atoms with Crippen molar-refractivity contribution in [3.63, 3.8) is 0 Å². The highest BCUT2D eigenvalue weighted by Gasteiger charge is 2.23. The fourth-order valence-corrected chi connectivity index (χ4v) is 2.74. The number of rotatable bonds is 4. The smallest absolute Gasteiger partial charge is 0.229 e. The van der Waals surface area contributed by atoms with Gasteiger partial charge in [0.2, 0.25) is 15.9 Å². The van der Waals surface area contributed by atoms with Gasteiger partial charge in [-0.3, -0.25) is 9.52 Å². The molecule has 0 aliphatic carbocycles. The molecule has 7 heteroatoms. The monoisotopic (exact) mass is 297 g/mol. The molecular formula is C13H19N3O3S. The Bertz CT molecular complexity index is 607. The first kappa shape index (κ1) is 14.8. The second-order valence-corrected chi connectivity index (χ2v) is 6.85. The molecule has 0 radical (unpaired) electrons. The van der Waals surface area contributed by atoms with Crippen molar-refractivity contribution in [3.05, 3.63) is 23.8 Å². The molecule has 0 saturated carbocycles. The van der Waals surface area contributed by atoms with Crippen LogP contribution in [0.25, 0.3) is 0 Å². The van der Waals surface area contributed by atoms with Gasteiger partial charge in [-0.05, 0) is 37.6 Å². The molecule has 2 rings (SSSR count). The fraction of sp³-hybridized carbons (Fsp3) is 0.462. The molecule has 3 N–H and O–H groups in total. The summed E-state index contributed by atoms with van der Waals surface area (Å²) in [5, 5.41) is 5.94. The van der Waals surface area contributed by atoms with Crippen molar-refractivity contribution in [3.8, 4) is 0 Å². The minimum Gasteiger partial charge on any atom is -0.324 e. The number of aryl methyl sites for hydroxylation is 1. The number of hydrogen-bond acceptors (Lipinski definition) is 4. The Hall–Kier alpha value is -1.60. The normalized spacial score (nSPS) is 18.8. The molecule has 110 valence electrons. The summed E-state index contributed by atoms with van der Waals surface area (Å²) in [4.78, 5) is 12.1. The predicted octanol–water partition coefficient (Wildman–Crippen LogP) is 0.915. The Morgan fingerprint density at radius 1 is 1.35 bits per heavy atom. The molecule has 1 amide bonds.